The SMILES string of the molecule is CC(COc1cnc(-c2ccnc3ccc(F)cc23)cc1Cl)CC(C)(C)NC(=O)O. The molecule has 0 fully saturated rings. The highest BCUT2D eigenvalue weighted by Gasteiger charge is 2.23. The van der Waals surface area contributed by atoms with E-state index < -0.39 is 11.6 Å². The summed E-state index contributed by atoms with van der Waals surface area (Å²) in [7, 11) is 0. The number of carboxylic acid groups (broad SMARTS) is 1. The first-order valence-electron chi connectivity index (χ1n) is 9.49. The molecule has 0 aliphatic heterocycles. The molecule has 1 atom stereocenters. The Morgan fingerprint density at radius 1 is 1.30 bits per heavy atom. The van der Waals surface area contributed by atoms with E-state index in [1.54, 1.807) is 24.4 Å². The van der Waals surface area contributed by atoms with Crippen LogP contribution in [0.15, 0.2) is 42.7 Å². The number of ether oxygens (including phenoxy) is 1. The molecular weight excluding hydrogens is 409 g/mol. The van der Waals surface area contributed by atoms with E-state index in [-0.39, 0.29) is 11.7 Å². The van der Waals surface area contributed by atoms with Crippen molar-refractivity contribution < 1.29 is 19.0 Å². The molecule has 3 rings (SSSR count). The number of aromatic nitrogens is 2. The second-order valence-corrected chi connectivity index (χ2v) is 8.36. The van der Waals surface area contributed by atoms with Gasteiger partial charge in [-0.25, -0.2) is 9.18 Å². The maximum Gasteiger partial charge on any atom is 0.405 e. The van der Waals surface area contributed by atoms with Gasteiger partial charge in [-0.2, -0.15) is 0 Å². The molecule has 1 unspecified atom stereocenters. The monoisotopic (exact) mass is 431 g/mol. The highest BCUT2D eigenvalue weighted by atomic mass is 35.5. The predicted molar refractivity (Wildman–Crippen MR) is 114 cm³/mol. The summed E-state index contributed by atoms with van der Waals surface area (Å²) in [4.78, 5) is 19.6. The number of halogens is 2. The van der Waals surface area contributed by atoms with Crippen molar-refractivity contribution in [2.24, 2.45) is 5.92 Å². The van der Waals surface area contributed by atoms with E-state index in [2.05, 4.69) is 15.3 Å². The minimum absolute atomic E-state index is 0.0784. The van der Waals surface area contributed by atoms with Gasteiger partial charge in [-0.3, -0.25) is 9.97 Å². The average Bonchev–Trinajstić information content (AvgIpc) is 2.65. The standard InChI is InChI=1S/C22H23ClFN3O3/c1-13(10-22(2,3)27-21(28)29)12-30-20-11-26-19(9-17(20)23)15-6-7-25-18-5-4-14(24)8-16(15)18/h4-9,11,13,27H,10,12H2,1-3H3,(H,28,29). The van der Waals surface area contributed by atoms with Gasteiger partial charge in [-0.15, -0.1) is 0 Å². The zero-order valence-corrected chi connectivity index (χ0v) is 17.7. The van der Waals surface area contributed by atoms with Crippen LogP contribution in [0.25, 0.3) is 22.2 Å². The molecule has 0 bridgehead atoms. The molecular formula is C22H23ClFN3O3. The number of fused-ring (bicyclic) bond motifs is 1. The number of nitrogens with one attached hydrogen (secondary N) is 1. The van der Waals surface area contributed by atoms with Crippen LogP contribution in [0.1, 0.15) is 27.2 Å². The summed E-state index contributed by atoms with van der Waals surface area (Å²) in [6.45, 7) is 5.97. The summed E-state index contributed by atoms with van der Waals surface area (Å²) in [5.74, 6) is 0.160. The van der Waals surface area contributed by atoms with Crippen molar-refractivity contribution in [2.75, 3.05) is 6.61 Å². The Morgan fingerprint density at radius 2 is 2.07 bits per heavy atom. The zero-order chi connectivity index (χ0) is 21.9. The van der Waals surface area contributed by atoms with Gasteiger partial charge >= 0.3 is 6.09 Å². The van der Waals surface area contributed by atoms with Crippen LogP contribution >= 0.6 is 11.6 Å². The molecule has 0 aliphatic rings. The Bertz CT molecular complexity index is 1070. The molecule has 1 aromatic carbocycles. The number of benzene rings is 1. The van der Waals surface area contributed by atoms with Gasteiger partial charge in [-0.1, -0.05) is 18.5 Å². The number of hydrogen-bond acceptors (Lipinski definition) is 4. The molecule has 30 heavy (non-hydrogen) atoms. The quantitative estimate of drug-likeness (QED) is 0.513. The van der Waals surface area contributed by atoms with E-state index >= 15 is 0 Å². The van der Waals surface area contributed by atoms with Gasteiger partial charge in [0.05, 0.1) is 29.0 Å². The Labute approximate surface area is 179 Å². The van der Waals surface area contributed by atoms with E-state index in [4.69, 9.17) is 21.4 Å². The molecule has 3 aromatic rings. The first-order chi connectivity index (χ1) is 14.1. The van der Waals surface area contributed by atoms with Gasteiger partial charge in [0.15, 0.2) is 5.75 Å². The Kier molecular flexibility index (Phi) is 6.41. The highest BCUT2D eigenvalue weighted by Crippen LogP contribution is 2.32. The van der Waals surface area contributed by atoms with E-state index in [0.717, 1.165) is 5.56 Å². The number of rotatable bonds is 7. The second-order valence-electron chi connectivity index (χ2n) is 7.95. The van der Waals surface area contributed by atoms with E-state index in [9.17, 15) is 9.18 Å². The van der Waals surface area contributed by atoms with Crippen LogP contribution < -0.4 is 10.1 Å². The molecule has 0 spiro atoms. The lowest BCUT2D eigenvalue weighted by molar-refractivity contribution is 0.169. The summed E-state index contributed by atoms with van der Waals surface area (Å²) in [6, 6.07) is 7.85. The fraction of sp³-hybridized carbons (Fsp3) is 0.318. The summed E-state index contributed by atoms with van der Waals surface area (Å²) in [6.07, 6.45) is 2.72. The molecule has 0 saturated carbocycles. The molecule has 2 heterocycles. The fourth-order valence-corrected chi connectivity index (χ4v) is 3.72. The lowest BCUT2D eigenvalue weighted by Gasteiger charge is -2.28. The van der Waals surface area contributed by atoms with E-state index in [1.165, 1.54) is 18.3 Å². The minimum Gasteiger partial charge on any atom is -0.490 e. The zero-order valence-electron chi connectivity index (χ0n) is 16.9. The van der Waals surface area contributed by atoms with Crippen molar-refractivity contribution in [3.05, 3.63) is 53.6 Å². The van der Waals surface area contributed by atoms with Gasteiger partial charge < -0.3 is 15.2 Å². The second kappa shape index (κ2) is 8.83. The number of nitrogens with zero attached hydrogens (tertiary/aromatic N) is 2. The first-order valence-corrected chi connectivity index (χ1v) is 9.86. The highest BCUT2D eigenvalue weighted by molar-refractivity contribution is 6.32. The molecule has 0 radical (unpaired) electrons. The third kappa shape index (κ3) is 5.36. The van der Waals surface area contributed by atoms with E-state index in [1.807, 2.05) is 20.8 Å². The van der Waals surface area contributed by atoms with Crippen LogP contribution in [-0.4, -0.2) is 33.3 Å². The molecule has 2 aromatic heterocycles. The summed E-state index contributed by atoms with van der Waals surface area (Å²) >= 11 is 6.40. The maximum absolute atomic E-state index is 13.7. The lowest BCUT2D eigenvalue weighted by atomic mass is 9.92. The summed E-state index contributed by atoms with van der Waals surface area (Å²) in [5.41, 5.74) is 1.41. The first kappa shape index (κ1) is 21.8. The third-order valence-corrected chi connectivity index (χ3v) is 4.92. The minimum atomic E-state index is -1.06. The Hall–Kier alpha value is -2.93. The maximum atomic E-state index is 13.7. The van der Waals surface area contributed by atoms with Crippen molar-refractivity contribution in [1.82, 2.24) is 15.3 Å². The average molecular weight is 432 g/mol. The van der Waals surface area contributed by atoms with Crippen LogP contribution in [0.3, 0.4) is 0 Å². The van der Waals surface area contributed by atoms with Crippen molar-refractivity contribution in [3.8, 4) is 17.0 Å². The Balaban J connectivity index is 1.74. The molecule has 2 N–H and O–H groups in total. The van der Waals surface area contributed by atoms with Crippen molar-refractivity contribution in [2.45, 2.75) is 32.7 Å². The van der Waals surface area contributed by atoms with E-state index in [0.29, 0.717) is 40.4 Å². The predicted octanol–water partition coefficient (Wildman–Crippen LogP) is 5.54. The molecule has 158 valence electrons. The fourth-order valence-electron chi connectivity index (χ4n) is 3.52. The van der Waals surface area contributed by atoms with Crippen LogP contribution in [0.5, 0.6) is 5.75 Å². The van der Waals surface area contributed by atoms with Gasteiger partial charge in [-0.05, 0) is 56.5 Å². The van der Waals surface area contributed by atoms with Crippen LogP contribution in [0.4, 0.5) is 9.18 Å². The van der Waals surface area contributed by atoms with Crippen molar-refractivity contribution >= 4 is 28.6 Å². The van der Waals surface area contributed by atoms with Crippen molar-refractivity contribution in [3.63, 3.8) is 0 Å². The largest absolute Gasteiger partial charge is 0.490 e. The van der Waals surface area contributed by atoms with Crippen LogP contribution in [0, 0.1) is 11.7 Å². The smallest absolute Gasteiger partial charge is 0.405 e. The molecule has 0 saturated heterocycles. The van der Waals surface area contributed by atoms with Gasteiger partial charge in [0.25, 0.3) is 0 Å². The van der Waals surface area contributed by atoms with Gasteiger partial charge in [0.1, 0.15) is 5.82 Å². The van der Waals surface area contributed by atoms with Gasteiger partial charge in [0, 0.05) is 22.7 Å². The topological polar surface area (TPSA) is 84.3 Å². The lowest BCUT2D eigenvalue weighted by Crippen LogP contribution is -2.44. The van der Waals surface area contributed by atoms with Crippen molar-refractivity contribution in [1.29, 1.82) is 0 Å². The van der Waals surface area contributed by atoms with Crippen LogP contribution in [-0.2, 0) is 0 Å². The molecule has 8 heteroatoms. The Morgan fingerprint density at radius 3 is 2.77 bits per heavy atom. The summed E-state index contributed by atoms with van der Waals surface area (Å²) in [5, 5.41) is 12.4. The van der Waals surface area contributed by atoms with Gasteiger partial charge in [0.2, 0.25) is 0 Å². The van der Waals surface area contributed by atoms with Crippen LogP contribution in [0.2, 0.25) is 5.02 Å². The molecule has 0 aliphatic carbocycles. The number of carbonyl (C=O) groups is 1. The summed E-state index contributed by atoms with van der Waals surface area (Å²) < 4.78 is 19.5. The molecule has 6 nitrogen and oxygen atoms in total. The normalized spacial score (nSPS) is 12.6. The number of pyridine rings is 2. The number of amides is 1. The molecule has 1 amide bonds. The number of hydrogen-bond donors (Lipinski definition) is 2. The third-order valence-electron chi connectivity index (χ3n) is 4.63.